The lowest BCUT2D eigenvalue weighted by atomic mass is 10.1. The molecule has 1 rings (SSSR count). The summed E-state index contributed by atoms with van der Waals surface area (Å²) in [5.41, 5.74) is 1.43. The molecule has 3 heteroatoms. The lowest BCUT2D eigenvalue weighted by Gasteiger charge is -2.03. The van der Waals surface area contributed by atoms with Crippen LogP contribution in [0.3, 0.4) is 0 Å². The molecule has 0 fully saturated rings. The first-order valence-corrected chi connectivity index (χ1v) is 5.23. The number of hydrogen-bond donors (Lipinski definition) is 0. The van der Waals surface area contributed by atoms with Crippen molar-refractivity contribution in [1.29, 1.82) is 0 Å². The molecule has 0 saturated heterocycles. The predicted molar refractivity (Wildman–Crippen MR) is 66.6 cm³/mol. The van der Waals surface area contributed by atoms with Crippen molar-refractivity contribution in [2.45, 2.75) is 6.92 Å². The van der Waals surface area contributed by atoms with Gasteiger partial charge in [-0.15, -0.1) is 0 Å². The fourth-order valence-corrected chi connectivity index (χ4v) is 1.18. The number of carbonyl (C=O) groups excluding carboxylic acids is 1. The van der Waals surface area contributed by atoms with Gasteiger partial charge in [0, 0.05) is 5.57 Å². The highest BCUT2D eigenvalue weighted by molar-refractivity contribution is 6.68. The molecule has 0 N–H and O–H groups in total. The lowest BCUT2D eigenvalue weighted by molar-refractivity contribution is -0.108. The molecule has 0 radical (unpaired) electrons. The maximum atomic E-state index is 10.8. The van der Waals surface area contributed by atoms with Gasteiger partial charge >= 0.3 is 0 Å². The van der Waals surface area contributed by atoms with E-state index in [1.165, 1.54) is 0 Å². The number of allylic oxidation sites excluding steroid dienone is 1. The molecule has 0 bridgehead atoms. The number of halogens is 1. The van der Waals surface area contributed by atoms with Crippen LogP contribution in [0.5, 0.6) is 5.75 Å². The van der Waals surface area contributed by atoms with Crippen LogP contribution in [0.25, 0.3) is 6.08 Å². The molecule has 0 aromatic heterocycles. The van der Waals surface area contributed by atoms with Crippen molar-refractivity contribution < 1.29 is 9.53 Å². The van der Waals surface area contributed by atoms with Crippen LogP contribution >= 0.6 is 11.6 Å². The predicted octanol–water partition coefficient (Wildman–Crippen LogP) is 3.42. The molecule has 0 amide bonds. The van der Waals surface area contributed by atoms with E-state index in [0.717, 1.165) is 11.3 Å². The summed E-state index contributed by atoms with van der Waals surface area (Å²) in [5.74, 6) is 0.770. The summed E-state index contributed by atoms with van der Waals surface area (Å²) in [6.45, 7) is 5.72. The van der Waals surface area contributed by atoms with Gasteiger partial charge in [-0.1, -0.05) is 24.8 Å². The first-order chi connectivity index (χ1) is 7.63. The third-order valence-corrected chi connectivity index (χ3v) is 2.24. The standard InChI is InChI=1S/C13H13ClO2/c1-3-8-16-12-6-4-11(5-7-12)9-10(2)13(14)15/h3-7,9H,1,8H2,2H3. The first-order valence-electron chi connectivity index (χ1n) is 4.85. The van der Waals surface area contributed by atoms with Gasteiger partial charge in [0.1, 0.15) is 12.4 Å². The number of benzene rings is 1. The molecular formula is C13H13ClO2. The van der Waals surface area contributed by atoms with Crippen molar-refractivity contribution in [2.24, 2.45) is 0 Å². The zero-order chi connectivity index (χ0) is 12.0. The Labute approximate surface area is 100 Å². The van der Waals surface area contributed by atoms with Crippen LogP contribution in [0.15, 0.2) is 42.5 Å². The van der Waals surface area contributed by atoms with Crippen LogP contribution in [-0.2, 0) is 4.79 Å². The molecule has 1 aromatic carbocycles. The van der Waals surface area contributed by atoms with Gasteiger partial charge < -0.3 is 4.74 Å². The summed E-state index contributed by atoms with van der Waals surface area (Å²) >= 11 is 5.33. The fourth-order valence-electron chi connectivity index (χ4n) is 1.12. The minimum Gasteiger partial charge on any atom is -0.490 e. The van der Waals surface area contributed by atoms with Gasteiger partial charge in [-0.2, -0.15) is 0 Å². The third-order valence-electron chi connectivity index (χ3n) is 1.94. The molecule has 0 unspecified atom stereocenters. The van der Waals surface area contributed by atoms with Gasteiger partial charge in [0.15, 0.2) is 0 Å². The van der Waals surface area contributed by atoms with Crippen molar-refractivity contribution >= 4 is 22.9 Å². The molecule has 0 heterocycles. The normalized spacial score (nSPS) is 11.0. The van der Waals surface area contributed by atoms with Crippen molar-refractivity contribution in [3.05, 3.63) is 48.1 Å². The second-order valence-corrected chi connectivity index (χ2v) is 3.61. The Morgan fingerprint density at radius 1 is 1.44 bits per heavy atom. The average Bonchev–Trinajstić information content (AvgIpc) is 2.28. The second kappa shape index (κ2) is 6.13. The van der Waals surface area contributed by atoms with Gasteiger partial charge in [0.2, 0.25) is 5.24 Å². The Morgan fingerprint density at radius 3 is 2.56 bits per heavy atom. The quantitative estimate of drug-likeness (QED) is 0.445. The van der Waals surface area contributed by atoms with Crippen LogP contribution in [0, 0.1) is 0 Å². The van der Waals surface area contributed by atoms with Crippen molar-refractivity contribution in [2.75, 3.05) is 6.61 Å². The molecule has 0 aliphatic rings. The zero-order valence-electron chi connectivity index (χ0n) is 9.07. The molecule has 16 heavy (non-hydrogen) atoms. The van der Waals surface area contributed by atoms with Crippen LogP contribution in [0.2, 0.25) is 0 Å². The minimum atomic E-state index is -0.438. The monoisotopic (exact) mass is 236 g/mol. The van der Waals surface area contributed by atoms with E-state index in [-0.39, 0.29) is 0 Å². The number of rotatable bonds is 5. The summed E-state index contributed by atoms with van der Waals surface area (Å²) in [6.07, 6.45) is 3.41. The Bertz CT molecular complexity index is 404. The molecule has 0 atom stereocenters. The Morgan fingerprint density at radius 2 is 2.06 bits per heavy atom. The summed E-state index contributed by atoms with van der Waals surface area (Å²) in [7, 11) is 0. The van der Waals surface area contributed by atoms with Gasteiger partial charge in [0.25, 0.3) is 0 Å². The number of carbonyl (C=O) groups is 1. The lowest BCUT2D eigenvalue weighted by Crippen LogP contribution is -1.92. The largest absolute Gasteiger partial charge is 0.490 e. The number of ether oxygens (including phenoxy) is 1. The summed E-state index contributed by atoms with van der Waals surface area (Å²) in [4.78, 5) is 10.8. The fraction of sp³-hybridized carbons (Fsp3) is 0.154. The minimum absolute atomic E-state index is 0.438. The van der Waals surface area contributed by atoms with E-state index >= 15 is 0 Å². The maximum Gasteiger partial charge on any atom is 0.248 e. The summed E-state index contributed by atoms with van der Waals surface area (Å²) in [5, 5.41) is -0.438. The van der Waals surface area contributed by atoms with Gasteiger partial charge in [0.05, 0.1) is 0 Å². The smallest absolute Gasteiger partial charge is 0.248 e. The Hall–Kier alpha value is -1.54. The van der Waals surface area contributed by atoms with Crippen molar-refractivity contribution in [1.82, 2.24) is 0 Å². The van der Waals surface area contributed by atoms with E-state index in [1.807, 2.05) is 24.3 Å². The van der Waals surface area contributed by atoms with Crippen molar-refractivity contribution in [3.63, 3.8) is 0 Å². The maximum absolute atomic E-state index is 10.8. The van der Waals surface area contributed by atoms with Crippen molar-refractivity contribution in [3.8, 4) is 5.75 Å². The topological polar surface area (TPSA) is 26.3 Å². The van der Waals surface area contributed by atoms with Crippen LogP contribution in [-0.4, -0.2) is 11.8 Å². The SMILES string of the molecule is C=CCOc1ccc(C=C(C)C(=O)Cl)cc1. The van der Waals surface area contributed by atoms with E-state index in [4.69, 9.17) is 16.3 Å². The summed E-state index contributed by atoms with van der Waals surface area (Å²) in [6, 6.07) is 7.39. The summed E-state index contributed by atoms with van der Waals surface area (Å²) < 4.78 is 5.33. The molecule has 2 nitrogen and oxygen atoms in total. The molecule has 0 aliphatic carbocycles. The van der Waals surface area contributed by atoms with Crippen LogP contribution in [0.4, 0.5) is 0 Å². The second-order valence-electron chi connectivity index (χ2n) is 3.27. The number of hydrogen-bond acceptors (Lipinski definition) is 2. The molecule has 84 valence electrons. The highest BCUT2D eigenvalue weighted by atomic mass is 35.5. The molecule has 0 spiro atoms. The highest BCUT2D eigenvalue weighted by Crippen LogP contribution is 2.15. The van der Waals surface area contributed by atoms with E-state index in [0.29, 0.717) is 12.2 Å². The van der Waals surface area contributed by atoms with Crippen LogP contribution in [0.1, 0.15) is 12.5 Å². The first kappa shape index (κ1) is 12.5. The molecule has 0 saturated carbocycles. The molecule has 0 aliphatic heterocycles. The average molecular weight is 237 g/mol. The van der Waals surface area contributed by atoms with E-state index in [1.54, 1.807) is 19.1 Å². The van der Waals surface area contributed by atoms with Crippen LogP contribution < -0.4 is 4.74 Å². The molecule has 1 aromatic rings. The molecular weight excluding hydrogens is 224 g/mol. The third kappa shape index (κ3) is 3.91. The van der Waals surface area contributed by atoms with Gasteiger partial charge in [-0.05, 0) is 42.3 Å². The Balaban J connectivity index is 2.75. The van der Waals surface area contributed by atoms with E-state index in [2.05, 4.69) is 6.58 Å². The van der Waals surface area contributed by atoms with Gasteiger partial charge in [-0.25, -0.2) is 0 Å². The highest BCUT2D eigenvalue weighted by Gasteiger charge is 1.99. The van der Waals surface area contributed by atoms with E-state index < -0.39 is 5.24 Å². The van der Waals surface area contributed by atoms with Gasteiger partial charge in [-0.3, -0.25) is 4.79 Å². The van der Waals surface area contributed by atoms with E-state index in [9.17, 15) is 4.79 Å². The Kier molecular flexibility index (Phi) is 4.80. The zero-order valence-corrected chi connectivity index (χ0v) is 9.83.